The number of para-hydroxylation sites is 1. The zero-order valence-electron chi connectivity index (χ0n) is 11.0. The van der Waals surface area contributed by atoms with Crippen LogP contribution in [0.2, 0.25) is 0 Å². The van der Waals surface area contributed by atoms with Crippen LogP contribution >= 0.6 is 0 Å². The molecule has 100 valence electrons. The van der Waals surface area contributed by atoms with Crippen molar-refractivity contribution < 1.29 is 4.79 Å². The van der Waals surface area contributed by atoms with Crippen molar-refractivity contribution in [3.8, 4) is 0 Å². The zero-order chi connectivity index (χ0) is 13.5. The summed E-state index contributed by atoms with van der Waals surface area (Å²) in [5.41, 5.74) is 1.51. The van der Waals surface area contributed by atoms with Crippen molar-refractivity contribution >= 4 is 11.6 Å². The van der Waals surface area contributed by atoms with Crippen LogP contribution in [0, 0.1) is 0 Å². The summed E-state index contributed by atoms with van der Waals surface area (Å²) in [6.45, 7) is 1.44. The van der Waals surface area contributed by atoms with Crippen LogP contribution in [0.3, 0.4) is 0 Å². The summed E-state index contributed by atoms with van der Waals surface area (Å²) in [6, 6.07) is 9.36. The van der Waals surface area contributed by atoms with Crippen molar-refractivity contribution in [2.75, 3.05) is 18.9 Å². The van der Waals surface area contributed by atoms with Gasteiger partial charge in [-0.15, -0.1) is 0 Å². The summed E-state index contributed by atoms with van der Waals surface area (Å²) >= 11 is 0. The fourth-order valence-electron chi connectivity index (χ4n) is 1.87. The molecule has 2 aromatic rings. The van der Waals surface area contributed by atoms with E-state index in [1.165, 1.54) is 0 Å². The molecule has 0 aliphatic rings. The first-order valence-electron chi connectivity index (χ1n) is 6.33. The largest absolute Gasteiger partial charge is 0.387 e. The van der Waals surface area contributed by atoms with Gasteiger partial charge in [-0.1, -0.05) is 12.1 Å². The second kappa shape index (κ2) is 6.58. The van der Waals surface area contributed by atoms with Gasteiger partial charge in [0, 0.05) is 38.2 Å². The average molecular weight is 258 g/mol. The van der Waals surface area contributed by atoms with E-state index in [-0.39, 0.29) is 5.91 Å². The number of nitrogens with zero attached hydrogens (tertiary/aromatic N) is 2. The SMILES string of the molecule is CNc1ccccc1C(=O)NCCCn1cccn1. The van der Waals surface area contributed by atoms with E-state index in [0.717, 1.165) is 18.7 Å². The molecule has 0 saturated carbocycles. The molecule has 1 aromatic heterocycles. The fourth-order valence-corrected chi connectivity index (χ4v) is 1.87. The minimum Gasteiger partial charge on any atom is -0.387 e. The standard InChI is InChI=1S/C14H18N4O/c1-15-13-7-3-2-6-12(13)14(19)16-8-4-10-18-11-5-9-17-18/h2-3,5-7,9,11,15H,4,8,10H2,1H3,(H,16,19). The molecule has 1 amide bonds. The van der Waals surface area contributed by atoms with E-state index < -0.39 is 0 Å². The summed E-state index contributed by atoms with van der Waals surface area (Å²) in [4.78, 5) is 12.0. The van der Waals surface area contributed by atoms with Gasteiger partial charge in [-0.2, -0.15) is 5.10 Å². The van der Waals surface area contributed by atoms with Gasteiger partial charge in [0.15, 0.2) is 0 Å². The van der Waals surface area contributed by atoms with Gasteiger partial charge in [-0.05, 0) is 24.6 Å². The number of benzene rings is 1. The lowest BCUT2D eigenvalue weighted by Crippen LogP contribution is -2.26. The third-order valence-electron chi connectivity index (χ3n) is 2.85. The third kappa shape index (κ3) is 3.58. The molecule has 0 aliphatic carbocycles. The van der Waals surface area contributed by atoms with Crippen LogP contribution < -0.4 is 10.6 Å². The van der Waals surface area contributed by atoms with Gasteiger partial charge in [0.1, 0.15) is 0 Å². The fraction of sp³-hybridized carbons (Fsp3) is 0.286. The molecule has 5 nitrogen and oxygen atoms in total. The van der Waals surface area contributed by atoms with Crippen LogP contribution in [0.4, 0.5) is 5.69 Å². The zero-order valence-corrected chi connectivity index (χ0v) is 11.0. The average Bonchev–Trinajstić information content (AvgIpc) is 2.96. The first-order chi connectivity index (χ1) is 9.31. The number of aryl methyl sites for hydroxylation is 1. The molecule has 0 saturated heterocycles. The Bertz CT molecular complexity index is 522. The summed E-state index contributed by atoms with van der Waals surface area (Å²) < 4.78 is 1.85. The Morgan fingerprint density at radius 2 is 2.16 bits per heavy atom. The van der Waals surface area contributed by atoms with Crippen LogP contribution in [0.5, 0.6) is 0 Å². The van der Waals surface area contributed by atoms with Crippen molar-refractivity contribution in [1.82, 2.24) is 15.1 Å². The highest BCUT2D eigenvalue weighted by Crippen LogP contribution is 2.13. The Balaban J connectivity index is 1.81. The molecule has 0 atom stereocenters. The van der Waals surface area contributed by atoms with Gasteiger partial charge < -0.3 is 10.6 Å². The Morgan fingerprint density at radius 3 is 2.89 bits per heavy atom. The Hall–Kier alpha value is -2.30. The number of nitrogens with one attached hydrogen (secondary N) is 2. The van der Waals surface area contributed by atoms with Crippen molar-refractivity contribution in [2.45, 2.75) is 13.0 Å². The Kier molecular flexibility index (Phi) is 4.55. The van der Waals surface area contributed by atoms with Gasteiger partial charge in [0.25, 0.3) is 5.91 Å². The van der Waals surface area contributed by atoms with Crippen molar-refractivity contribution in [1.29, 1.82) is 0 Å². The highest BCUT2D eigenvalue weighted by molar-refractivity contribution is 5.99. The number of carbonyl (C=O) groups is 1. The first kappa shape index (κ1) is 13.1. The molecule has 0 aliphatic heterocycles. The molecule has 1 aromatic carbocycles. The molecule has 0 spiro atoms. The minimum absolute atomic E-state index is 0.0505. The maximum absolute atomic E-state index is 12.0. The van der Waals surface area contributed by atoms with E-state index >= 15 is 0 Å². The number of anilines is 1. The van der Waals surface area contributed by atoms with Gasteiger partial charge in [0.05, 0.1) is 5.56 Å². The summed E-state index contributed by atoms with van der Waals surface area (Å²) in [5, 5.41) is 10.0. The van der Waals surface area contributed by atoms with Gasteiger partial charge in [-0.3, -0.25) is 9.48 Å². The number of rotatable bonds is 6. The predicted molar refractivity (Wildman–Crippen MR) is 75.2 cm³/mol. The molecule has 0 radical (unpaired) electrons. The second-order valence-electron chi connectivity index (χ2n) is 4.17. The molecular weight excluding hydrogens is 240 g/mol. The topological polar surface area (TPSA) is 59.0 Å². The molecule has 2 N–H and O–H groups in total. The maximum Gasteiger partial charge on any atom is 0.253 e. The first-order valence-corrected chi connectivity index (χ1v) is 6.33. The van der Waals surface area contributed by atoms with Gasteiger partial charge >= 0.3 is 0 Å². The van der Waals surface area contributed by atoms with Crippen LogP contribution in [0.25, 0.3) is 0 Å². The van der Waals surface area contributed by atoms with Crippen molar-refractivity contribution in [3.05, 3.63) is 48.3 Å². The number of amides is 1. The summed E-state index contributed by atoms with van der Waals surface area (Å²) in [7, 11) is 1.81. The monoisotopic (exact) mass is 258 g/mol. The third-order valence-corrected chi connectivity index (χ3v) is 2.85. The lowest BCUT2D eigenvalue weighted by atomic mass is 10.1. The summed E-state index contributed by atoms with van der Waals surface area (Å²) in [6.07, 6.45) is 4.52. The van der Waals surface area contributed by atoms with E-state index in [1.54, 1.807) is 6.20 Å². The highest BCUT2D eigenvalue weighted by Gasteiger charge is 2.08. The van der Waals surface area contributed by atoms with E-state index in [4.69, 9.17) is 0 Å². The lowest BCUT2D eigenvalue weighted by Gasteiger charge is -2.09. The minimum atomic E-state index is -0.0505. The predicted octanol–water partition coefficient (Wildman–Crippen LogP) is 1.74. The molecule has 0 fully saturated rings. The Morgan fingerprint density at radius 1 is 1.32 bits per heavy atom. The van der Waals surface area contributed by atoms with Gasteiger partial charge in [0.2, 0.25) is 0 Å². The smallest absolute Gasteiger partial charge is 0.253 e. The number of carbonyl (C=O) groups excluding carboxylic acids is 1. The quantitative estimate of drug-likeness (QED) is 0.776. The normalized spacial score (nSPS) is 10.2. The second-order valence-corrected chi connectivity index (χ2v) is 4.17. The molecule has 5 heteroatoms. The van der Waals surface area contributed by atoms with E-state index in [9.17, 15) is 4.79 Å². The number of hydrogen-bond donors (Lipinski definition) is 2. The van der Waals surface area contributed by atoms with Crippen LogP contribution in [0.15, 0.2) is 42.7 Å². The Labute approximate surface area is 112 Å². The molecule has 2 rings (SSSR count). The van der Waals surface area contributed by atoms with Crippen LogP contribution in [-0.4, -0.2) is 29.3 Å². The van der Waals surface area contributed by atoms with E-state index in [2.05, 4.69) is 15.7 Å². The van der Waals surface area contributed by atoms with E-state index in [1.807, 2.05) is 48.3 Å². The maximum atomic E-state index is 12.0. The van der Waals surface area contributed by atoms with Crippen LogP contribution in [-0.2, 0) is 6.54 Å². The molecule has 0 bridgehead atoms. The molecule has 1 heterocycles. The highest BCUT2D eigenvalue weighted by atomic mass is 16.1. The van der Waals surface area contributed by atoms with Gasteiger partial charge in [-0.25, -0.2) is 0 Å². The van der Waals surface area contributed by atoms with Crippen LogP contribution in [0.1, 0.15) is 16.8 Å². The molecule has 0 unspecified atom stereocenters. The van der Waals surface area contributed by atoms with E-state index in [0.29, 0.717) is 12.1 Å². The molecular formula is C14H18N4O. The lowest BCUT2D eigenvalue weighted by molar-refractivity contribution is 0.0953. The number of aromatic nitrogens is 2. The molecule has 19 heavy (non-hydrogen) atoms. The van der Waals surface area contributed by atoms with Crippen molar-refractivity contribution in [2.24, 2.45) is 0 Å². The number of hydrogen-bond acceptors (Lipinski definition) is 3. The van der Waals surface area contributed by atoms with Crippen molar-refractivity contribution in [3.63, 3.8) is 0 Å². The summed E-state index contributed by atoms with van der Waals surface area (Å²) in [5.74, 6) is -0.0505.